The van der Waals surface area contributed by atoms with E-state index in [0.29, 0.717) is 36.5 Å². The average Bonchev–Trinajstić information content (AvgIpc) is 3.43. The number of urea groups is 1. The van der Waals surface area contributed by atoms with Crippen molar-refractivity contribution in [1.29, 1.82) is 0 Å². The average molecular weight is 374 g/mol. The van der Waals surface area contributed by atoms with E-state index in [9.17, 15) is 9.59 Å². The minimum Gasteiger partial charge on any atom is -0.445 e. The van der Waals surface area contributed by atoms with Crippen LogP contribution < -0.4 is 5.32 Å². The number of rotatable bonds is 3. The van der Waals surface area contributed by atoms with E-state index >= 15 is 0 Å². The minimum atomic E-state index is -0.00613. The lowest BCUT2D eigenvalue weighted by Crippen LogP contribution is -2.47. The summed E-state index contributed by atoms with van der Waals surface area (Å²) in [5, 5.41) is 3.16. The molecule has 3 aliphatic rings. The van der Waals surface area contributed by atoms with E-state index in [1.807, 2.05) is 16.7 Å². The lowest BCUT2D eigenvalue weighted by Gasteiger charge is -2.31. The van der Waals surface area contributed by atoms with Crippen molar-refractivity contribution in [3.8, 4) is 0 Å². The van der Waals surface area contributed by atoms with E-state index in [1.54, 1.807) is 0 Å². The lowest BCUT2D eigenvalue weighted by atomic mass is 9.97. The zero-order chi connectivity index (χ0) is 18.8. The van der Waals surface area contributed by atoms with Gasteiger partial charge in [0.15, 0.2) is 11.6 Å². The summed E-state index contributed by atoms with van der Waals surface area (Å²) in [6, 6.07) is 0.414. The van der Waals surface area contributed by atoms with Crippen LogP contribution in [0.5, 0.6) is 0 Å². The quantitative estimate of drug-likeness (QED) is 0.882. The first-order chi connectivity index (χ1) is 13.1. The lowest BCUT2D eigenvalue weighted by molar-refractivity contribution is 0.0786. The molecule has 1 aliphatic carbocycles. The van der Waals surface area contributed by atoms with Crippen LogP contribution in [0.25, 0.3) is 0 Å². The summed E-state index contributed by atoms with van der Waals surface area (Å²) in [5.74, 6) is 1.45. The number of carbonyl (C=O) groups excluding carboxylic acids is 2. The standard InChI is InChI=1S/C20H30N4O3/c1-14-17(19(25)23-10-4-5-11-23)22-18(27-14)15-8-12-24(13-9-15)20(26)21-16-6-2-3-7-16/h15-16H,2-13H2,1H3,(H,21,26). The van der Waals surface area contributed by atoms with Crippen LogP contribution in [0.15, 0.2) is 4.42 Å². The normalized spacial score (nSPS) is 21.8. The Labute approximate surface area is 160 Å². The number of amides is 3. The number of hydrogen-bond acceptors (Lipinski definition) is 4. The Bertz CT molecular complexity index is 681. The zero-order valence-electron chi connectivity index (χ0n) is 16.2. The monoisotopic (exact) mass is 374 g/mol. The van der Waals surface area contributed by atoms with Crippen molar-refractivity contribution in [2.75, 3.05) is 26.2 Å². The summed E-state index contributed by atoms with van der Waals surface area (Å²) in [5.41, 5.74) is 0.466. The molecule has 0 bridgehead atoms. The van der Waals surface area contributed by atoms with Crippen LogP contribution in [0.4, 0.5) is 4.79 Å². The highest BCUT2D eigenvalue weighted by Crippen LogP contribution is 2.30. The van der Waals surface area contributed by atoms with Crippen molar-refractivity contribution in [2.24, 2.45) is 0 Å². The van der Waals surface area contributed by atoms with E-state index in [-0.39, 0.29) is 17.9 Å². The third-order valence-corrected chi connectivity index (χ3v) is 6.22. The Morgan fingerprint density at radius 1 is 0.963 bits per heavy atom. The maximum Gasteiger partial charge on any atom is 0.317 e. The number of carbonyl (C=O) groups is 2. The molecule has 3 heterocycles. The molecular weight excluding hydrogens is 344 g/mol. The largest absolute Gasteiger partial charge is 0.445 e. The van der Waals surface area contributed by atoms with Gasteiger partial charge in [0.05, 0.1) is 0 Å². The molecule has 3 fully saturated rings. The van der Waals surface area contributed by atoms with Gasteiger partial charge in [0.1, 0.15) is 5.76 Å². The fraction of sp³-hybridized carbons (Fsp3) is 0.750. The zero-order valence-corrected chi connectivity index (χ0v) is 16.2. The number of aromatic nitrogens is 1. The number of aryl methyl sites for hydroxylation is 1. The molecule has 7 heteroatoms. The Morgan fingerprint density at radius 2 is 1.63 bits per heavy atom. The summed E-state index contributed by atoms with van der Waals surface area (Å²) in [6.45, 7) is 4.87. The van der Waals surface area contributed by atoms with Gasteiger partial charge in [0.2, 0.25) is 0 Å². The van der Waals surface area contributed by atoms with Crippen molar-refractivity contribution in [1.82, 2.24) is 20.1 Å². The van der Waals surface area contributed by atoms with E-state index in [2.05, 4.69) is 10.3 Å². The summed E-state index contributed by atoms with van der Waals surface area (Å²) < 4.78 is 5.86. The maximum atomic E-state index is 12.6. The first kappa shape index (κ1) is 18.3. The molecule has 7 nitrogen and oxygen atoms in total. The molecule has 2 aliphatic heterocycles. The van der Waals surface area contributed by atoms with Crippen molar-refractivity contribution in [3.63, 3.8) is 0 Å². The molecule has 3 amide bonds. The van der Waals surface area contributed by atoms with Gasteiger partial charge in [-0.2, -0.15) is 0 Å². The third kappa shape index (κ3) is 3.96. The molecule has 1 aromatic heterocycles. The van der Waals surface area contributed by atoms with Crippen LogP contribution in [0, 0.1) is 6.92 Å². The fourth-order valence-electron chi connectivity index (χ4n) is 4.53. The van der Waals surface area contributed by atoms with Crippen LogP contribution in [0.1, 0.15) is 79.4 Å². The second-order valence-corrected chi connectivity index (χ2v) is 8.15. The molecule has 0 aromatic carbocycles. The summed E-state index contributed by atoms with van der Waals surface area (Å²) in [6.07, 6.45) is 8.43. The second-order valence-electron chi connectivity index (χ2n) is 8.15. The van der Waals surface area contributed by atoms with Crippen molar-refractivity contribution < 1.29 is 14.0 Å². The smallest absolute Gasteiger partial charge is 0.317 e. The highest BCUT2D eigenvalue weighted by molar-refractivity contribution is 5.93. The van der Waals surface area contributed by atoms with E-state index in [1.165, 1.54) is 12.8 Å². The van der Waals surface area contributed by atoms with Crippen molar-refractivity contribution >= 4 is 11.9 Å². The number of hydrogen-bond donors (Lipinski definition) is 1. The molecule has 1 saturated carbocycles. The van der Waals surface area contributed by atoms with Gasteiger partial charge in [-0.15, -0.1) is 0 Å². The first-order valence-corrected chi connectivity index (χ1v) is 10.4. The van der Waals surface area contributed by atoms with Crippen LogP contribution >= 0.6 is 0 Å². The van der Waals surface area contributed by atoms with Gasteiger partial charge >= 0.3 is 6.03 Å². The number of nitrogens with one attached hydrogen (secondary N) is 1. The number of likely N-dealkylation sites (tertiary alicyclic amines) is 2. The molecule has 27 heavy (non-hydrogen) atoms. The van der Waals surface area contributed by atoms with Gasteiger partial charge in [0.25, 0.3) is 5.91 Å². The molecular formula is C20H30N4O3. The number of piperidine rings is 1. The van der Waals surface area contributed by atoms with Gasteiger partial charge < -0.3 is 19.5 Å². The first-order valence-electron chi connectivity index (χ1n) is 10.4. The molecule has 148 valence electrons. The third-order valence-electron chi connectivity index (χ3n) is 6.22. The molecule has 0 radical (unpaired) electrons. The molecule has 1 aromatic rings. The van der Waals surface area contributed by atoms with Crippen LogP contribution in [0.2, 0.25) is 0 Å². The van der Waals surface area contributed by atoms with Crippen LogP contribution in [0.3, 0.4) is 0 Å². The molecule has 2 saturated heterocycles. The van der Waals surface area contributed by atoms with Crippen molar-refractivity contribution in [3.05, 3.63) is 17.3 Å². The van der Waals surface area contributed by atoms with Gasteiger partial charge in [-0.3, -0.25) is 4.79 Å². The Balaban J connectivity index is 1.33. The SMILES string of the molecule is Cc1oc(C2CCN(C(=O)NC3CCCC3)CC2)nc1C(=O)N1CCCC1. The van der Waals surface area contributed by atoms with Gasteiger partial charge in [-0.1, -0.05) is 12.8 Å². The highest BCUT2D eigenvalue weighted by Gasteiger charge is 2.31. The number of nitrogens with zero attached hydrogens (tertiary/aromatic N) is 3. The summed E-state index contributed by atoms with van der Waals surface area (Å²) in [4.78, 5) is 33.4. The van der Waals surface area contributed by atoms with Crippen LogP contribution in [-0.4, -0.2) is 58.9 Å². The predicted octanol–water partition coefficient (Wildman–Crippen LogP) is 3.05. The highest BCUT2D eigenvalue weighted by atomic mass is 16.4. The van der Waals surface area contributed by atoms with E-state index in [4.69, 9.17) is 4.42 Å². The predicted molar refractivity (Wildman–Crippen MR) is 101 cm³/mol. The summed E-state index contributed by atoms with van der Waals surface area (Å²) >= 11 is 0. The Morgan fingerprint density at radius 3 is 2.30 bits per heavy atom. The van der Waals surface area contributed by atoms with Gasteiger partial charge in [-0.25, -0.2) is 9.78 Å². The van der Waals surface area contributed by atoms with Crippen LogP contribution in [-0.2, 0) is 0 Å². The number of oxazole rings is 1. The Kier molecular flexibility index (Phi) is 5.36. The molecule has 0 spiro atoms. The second kappa shape index (κ2) is 7.90. The molecule has 0 atom stereocenters. The molecule has 4 rings (SSSR count). The topological polar surface area (TPSA) is 78.7 Å². The van der Waals surface area contributed by atoms with E-state index in [0.717, 1.165) is 51.6 Å². The minimum absolute atomic E-state index is 0.00613. The Hall–Kier alpha value is -2.05. The van der Waals surface area contributed by atoms with Crippen molar-refractivity contribution in [2.45, 2.75) is 70.3 Å². The molecule has 1 N–H and O–H groups in total. The van der Waals surface area contributed by atoms with Gasteiger partial charge in [0, 0.05) is 38.1 Å². The molecule has 0 unspecified atom stereocenters. The van der Waals surface area contributed by atoms with E-state index < -0.39 is 0 Å². The van der Waals surface area contributed by atoms with Gasteiger partial charge in [-0.05, 0) is 45.4 Å². The fourth-order valence-corrected chi connectivity index (χ4v) is 4.53. The maximum absolute atomic E-state index is 12.6. The summed E-state index contributed by atoms with van der Waals surface area (Å²) in [7, 11) is 0.